The summed E-state index contributed by atoms with van der Waals surface area (Å²) < 4.78 is 0. The fourth-order valence-electron chi connectivity index (χ4n) is 2.41. The van der Waals surface area contributed by atoms with E-state index in [1.165, 1.54) is 35.3 Å². The lowest BCUT2D eigenvalue weighted by atomic mass is 10.1. The fourth-order valence-corrected chi connectivity index (χ4v) is 3.86. The van der Waals surface area contributed by atoms with E-state index in [1.807, 2.05) is 0 Å². The Balaban J connectivity index is 1.90. The van der Waals surface area contributed by atoms with Crippen molar-refractivity contribution in [3.8, 4) is 10.4 Å². The van der Waals surface area contributed by atoms with Crippen molar-refractivity contribution in [1.29, 1.82) is 0 Å². The van der Waals surface area contributed by atoms with Gasteiger partial charge in [-0.15, -0.1) is 12.6 Å². The lowest BCUT2D eigenvalue weighted by molar-refractivity contribution is 0.576. The predicted molar refractivity (Wildman–Crippen MR) is 85.6 cm³/mol. The van der Waals surface area contributed by atoms with Crippen molar-refractivity contribution in [2.75, 3.05) is 18.0 Å². The van der Waals surface area contributed by atoms with Crippen LogP contribution in [0.15, 0.2) is 29.3 Å². The number of nitrogens with zero attached hydrogens (tertiary/aromatic N) is 2. The zero-order valence-corrected chi connectivity index (χ0v) is 12.8. The fraction of sp³-hybridized carbons (Fsp3) is 0.400. The number of piperidine rings is 1. The van der Waals surface area contributed by atoms with Crippen molar-refractivity contribution < 1.29 is 0 Å². The number of hydrogen-bond acceptors (Lipinski definition) is 4. The molecule has 3 rings (SSSR count). The van der Waals surface area contributed by atoms with E-state index in [0.29, 0.717) is 0 Å². The molecule has 2 nitrogen and oxygen atoms in total. The average Bonchev–Trinajstić information content (AvgIpc) is 2.83. The highest BCUT2D eigenvalue weighted by atomic mass is 32.1. The molecule has 19 heavy (non-hydrogen) atoms. The van der Waals surface area contributed by atoms with Gasteiger partial charge in [-0.2, -0.15) is 0 Å². The van der Waals surface area contributed by atoms with Gasteiger partial charge in [0, 0.05) is 13.1 Å². The first-order valence-corrected chi connectivity index (χ1v) is 8.02. The van der Waals surface area contributed by atoms with Crippen LogP contribution in [0, 0.1) is 6.92 Å². The SMILES string of the molecule is Cc1ccc(-c2sc(N3CCCCC3)nc2S)cc1. The van der Waals surface area contributed by atoms with Gasteiger partial charge in [0.05, 0.1) is 4.88 Å². The van der Waals surface area contributed by atoms with Gasteiger partial charge < -0.3 is 4.90 Å². The zero-order chi connectivity index (χ0) is 13.2. The summed E-state index contributed by atoms with van der Waals surface area (Å²) in [6, 6.07) is 8.59. The van der Waals surface area contributed by atoms with Crippen LogP contribution in [0.3, 0.4) is 0 Å². The molecule has 1 fully saturated rings. The minimum atomic E-state index is 0.856. The molecule has 0 spiro atoms. The molecule has 0 saturated carbocycles. The monoisotopic (exact) mass is 290 g/mol. The van der Waals surface area contributed by atoms with Gasteiger partial charge in [-0.3, -0.25) is 0 Å². The molecule has 0 unspecified atom stereocenters. The molecule has 1 aromatic heterocycles. The summed E-state index contributed by atoms with van der Waals surface area (Å²) in [5.41, 5.74) is 2.50. The molecule has 0 aliphatic carbocycles. The Hall–Kier alpha value is -1.000. The van der Waals surface area contributed by atoms with Crippen molar-refractivity contribution in [3.63, 3.8) is 0 Å². The van der Waals surface area contributed by atoms with Crippen LogP contribution in [-0.2, 0) is 0 Å². The molecule has 0 radical (unpaired) electrons. The molecule has 1 aromatic carbocycles. The third-order valence-electron chi connectivity index (χ3n) is 3.54. The molecule has 0 atom stereocenters. The van der Waals surface area contributed by atoms with E-state index < -0.39 is 0 Å². The highest BCUT2D eigenvalue weighted by molar-refractivity contribution is 7.80. The summed E-state index contributed by atoms with van der Waals surface area (Å²) in [5, 5.41) is 1.98. The Morgan fingerprint density at radius 1 is 1.11 bits per heavy atom. The number of thiol groups is 1. The summed E-state index contributed by atoms with van der Waals surface area (Å²) in [7, 11) is 0. The van der Waals surface area contributed by atoms with Crippen LogP contribution < -0.4 is 4.90 Å². The van der Waals surface area contributed by atoms with E-state index in [-0.39, 0.29) is 0 Å². The maximum absolute atomic E-state index is 4.64. The molecule has 1 saturated heterocycles. The van der Waals surface area contributed by atoms with Crippen molar-refractivity contribution in [2.24, 2.45) is 0 Å². The summed E-state index contributed by atoms with van der Waals surface area (Å²) in [6.07, 6.45) is 3.91. The molecule has 100 valence electrons. The summed E-state index contributed by atoms with van der Waals surface area (Å²) in [6.45, 7) is 4.37. The number of benzene rings is 1. The van der Waals surface area contributed by atoms with E-state index in [2.05, 4.69) is 53.7 Å². The first-order valence-electron chi connectivity index (χ1n) is 6.76. The van der Waals surface area contributed by atoms with Crippen LogP contribution in [0.2, 0.25) is 0 Å². The number of anilines is 1. The minimum Gasteiger partial charge on any atom is -0.348 e. The van der Waals surface area contributed by atoms with E-state index >= 15 is 0 Å². The van der Waals surface area contributed by atoms with Crippen LogP contribution in [0.5, 0.6) is 0 Å². The van der Waals surface area contributed by atoms with Gasteiger partial charge in [0.25, 0.3) is 0 Å². The molecule has 4 heteroatoms. The quantitative estimate of drug-likeness (QED) is 0.825. The molecule has 2 aromatic rings. The second-order valence-corrected chi connectivity index (χ2v) is 6.46. The molecule has 1 aliphatic heterocycles. The molecule has 2 heterocycles. The van der Waals surface area contributed by atoms with Crippen molar-refractivity contribution in [1.82, 2.24) is 4.98 Å². The number of rotatable bonds is 2. The van der Waals surface area contributed by atoms with Crippen LogP contribution in [0.1, 0.15) is 24.8 Å². The van der Waals surface area contributed by atoms with Gasteiger partial charge >= 0.3 is 0 Å². The van der Waals surface area contributed by atoms with Gasteiger partial charge in [0.2, 0.25) is 0 Å². The van der Waals surface area contributed by atoms with E-state index in [9.17, 15) is 0 Å². The van der Waals surface area contributed by atoms with Crippen LogP contribution >= 0.6 is 24.0 Å². The van der Waals surface area contributed by atoms with Gasteiger partial charge in [-0.25, -0.2) is 4.98 Å². The first kappa shape index (κ1) is 13.0. The van der Waals surface area contributed by atoms with Crippen molar-refractivity contribution in [3.05, 3.63) is 29.8 Å². The van der Waals surface area contributed by atoms with Gasteiger partial charge in [-0.05, 0) is 31.7 Å². The topological polar surface area (TPSA) is 16.1 Å². The zero-order valence-electron chi connectivity index (χ0n) is 11.1. The third kappa shape index (κ3) is 2.79. The van der Waals surface area contributed by atoms with Crippen LogP contribution in [-0.4, -0.2) is 18.1 Å². The second-order valence-electron chi connectivity index (χ2n) is 5.06. The van der Waals surface area contributed by atoms with E-state index in [4.69, 9.17) is 0 Å². The molecular formula is C15H18N2S2. The Labute approximate surface area is 123 Å². The lowest BCUT2D eigenvalue weighted by Gasteiger charge is -2.25. The summed E-state index contributed by atoms with van der Waals surface area (Å²) in [5.74, 6) is 0. The average molecular weight is 290 g/mol. The number of thiazole rings is 1. The van der Waals surface area contributed by atoms with E-state index in [0.717, 1.165) is 23.2 Å². The number of aryl methyl sites for hydroxylation is 1. The largest absolute Gasteiger partial charge is 0.348 e. The molecular weight excluding hydrogens is 272 g/mol. The Morgan fingerprint density at radius 2 is 1.79 bits per heavy atom. The van der Waals surface area contributed by atoms with E-state index in [1.54, 1.807) is 11.3 Å². The molecule has 1 aliphatic rings. The Bertz CT molecular complexity index is 554. The standard InChI is InChI=1S/C15H18N2S2/c1-11-5-7-12(8-6-11)13-14(18)16-15(19-13)17-9-3-2-4-10-17/h5-8,18H,2-4,9-10H2,1H3. The molecule has 0 bridgehead atoms. The maximum atomic E-state index is 4.64. The second kappa shape index (κ2) is 5.55. The predicted octanol–water partition coefficient (Wildman–Crippen LogP) is 4.40. The minimum absolute atomic E-state index is 0.856. The number of hydrogen-bond donors (Lipinski definition) is 1. The van der Waals surface area contributed by atoms with Crippen LogP contribution in [0.4, 0.5) is 5.13 Å². The third-order valence-corrected chi connectivity index (χ3v) is 5.18. The molecule has 0 amide bonds. The highest BCUT2D eigenvalue weighted by Crippen LogP contribution is 2.37. The lowest BCUT2D eigenvalue weighted by Crippen LogP contribution is -2.29. The van der Waals surface area contributed by atoms with Crippen LogP contribution in [0.25, 0.3) is 10.4 Å². The normalized spacial score (nSPS) is 15.8. The van der Waals surface area contributed by atoms with Gasteiger partial charge in [-0.1, -0.05) is 41.2 Å². The molecule has 0 N–H and O–H groups in total. The highest BCUT2D eigenvalue weighted by Gasteiger charge is 2.17. The number of aromatic nitrogens is 1. The Morgan fingerprint density at radius 3 is 2.47 bits per heavy atom. The van der Waals surface area contributed by atoms with Crippen molar-refractivity contribution in [2.45, 2.75) is 31.2 Å². The summed E-state index contributed by atoms with van der Waals surface area (Å²) in [4.78, 5) is 8.22. The Kier molecular flexibility index (Phi) is 3.80. The summed E-state index contributed by atoms with van der Waals surface area (Å²) >= 11 is 6.31. The van der Waals surface area contributed by atoms with Crippen molar-refractivity contribution >= 4 is 29.1 Å². The smallest absolute Gasteiger partial charge is 0.186 e. The van der Waals surface area contributed by atoms with Gasteiger partial charge in [0.1, 0.15) is 5.03 Å². The van der Waals surface area contributed by atoms with Gasteiger partial charge in [0.15, 0.2) is 5.13 Å². The first-order chi connectivity index (χ1) is 9.24. The maximum Gasteiger partial charge on any atom is 0.186 e.